The molecule has 1 aromatic carbocycles. The number of phenols is 1. The summed E-state index contributed by atoms with van der Waals surface area (Å²) in [4.78, 5) is 140. The van der Waals surface area contributed by atoms with Crippen LogP contribution in [0.4, 0.5) is 0 Å². The zero-order valence-corrected chi connectivity index (χ0v) is 42.2. The molecule has 0 unspecified atom stereocenters. The number of benzene rings is 1. The Balaban J connectivity index is 1.78. The van der Waals surface area contributed by atoms with Gasteiger partial charge in [0.15, 0.2) is 5.96 Å². The Morgan fingerprint density at radius 2 is 1.22 bits per heavy atom. The molecule has 0 aliphatic carbocycles. The van der Waals surface area contributed by atoms with Gasteiger partial charge in [0.25, 0.3) is 0 Å². The summed E-state index contributed by atoms with van der Waals surface area (Å²) in [6.07, 6.45) is -1.41. The minimum atomic E-state index is -1.85. The van der Waals surface area contributed by atoms with Gasteiger partial charge >= 0.3 is 11.9 Å². The number of nitrogens with zero attached hydrogens (tertiary/aromatic N) is 3. The van der Waals surface area contributed by atoms with Gasteiger partial charge in [-0.15, -0.1) is 0 Å². The number of carboxylic acid groups (broad SMARTS) is 2. The lowest BCUT2D eigenvalue weighted by Gasteiger charge is -2.32. The second-order valence-corrected chi connectivity index (χ2v) is 19.2. The Morgan fingerprint density at radius 3 is 1.74 bits per heavy atom. The number of carbonyl (C=O) groups is 10. The van der Waals surface area contributed by atoms with Crippen molar-refractivity contribution in [3.8, 4) is 5.75 Å². The average molecular weight is 1030 g/mol. The zero-order valence-electron chi connectivity index (χ0n) is 42.2. The molecule has 2 aliphatic rings. The quantitative estimate of drug-likeness (QED) is 0.0235. The lowest BCUT2D eigenvalue weighted by molar-refractivity contribution is -0.146. The number of amides is 8. The van der Waals surface area contributed by atoms with Gasteiger partial charge in [-0.3, -0.25) is 48.1 Å². The third-order valence-corrected chi connectivity index (χ3v) is 12.3. The number of phenolic OH excluding ortho intramolecular Hbond substituents is 1. The largest absolute Gasteiger partial charge is 0.508 e. The SMILES string of the molecule is CC(C)C[C@H](NC(=O)[C@@H](N)Cc1ccc(O)cc1)C(=O)N[C@@H](CC(=O)O)C(=O)N[C@H](C(=O)N[C@@H](CCCN=C(N)N)C(=O)N1CCC[C@H]1C(=O)N[C@@H](C)C(=O)N1CCC[C@H]1C(=O)N[C@H](C(=O)O)C(C)C)[C@@H](C)O. The normalized spacial score (nSPS) is 18.7. The Hall–Kier alpha value is -7.09. The van der Waals surface area contributed by atoms with Crippen molar-refractivity contribution in [2.24, 2.45) is 34.0 Å². The highest BCUT2D eigenvalue weighted by Gasteiger charge is 2.42. The molecule has 2 saturated heterocycles. The molecule has 2 aliphatic heterocycles. The Labute approximate surface area is 423 Å². The first-order valence-electron chi connectivity index (χ1n) is 24.4. The summed E-state index contributed by atoms with van der Waals surface area (Å²) in [7, 11) is 0. The molecule has 0 aromatic heterocycles. The number of carbonyl (C=O) groups excluding carboxylic acids is 8. The van der Waals surface area contributed by atoms with Crippen molar-refractivity contribution in [2.75, 3.05) is 19.6 Å². The molecule has 73 heavy (non-hydrogen) atoms. The number of aromatic hydroxyl groups is 1. The fourth-order valence-corrected chi connectivity index (χ4v) is 8.49. The third kappa shape index (κ3) is 18.5. The van der Waals surface area contributed by atoms with Crippen LogP contribution in [0.25, 0.3) is 0 Å². The molecule has 2 fully saturated rings. The molecular formula is C47H74N12O14. The minimum absolute atomic E-state index is 0.00516. The molecule has 406 valence electrons. The van der Waals surface area contributed by atoms with Crippen molar-refractivity contribution in [3.63, 3.8) is 0 Å². The number of aliphatic imine (C=N–C) groups is 1. The molecule has 0 bridgehead atoms. The van der Waals surface area contributed by atoms with E-state index in [1.807, 2.05) is 0 Å². The molecule has 26 nitrogen and oxygen atoms in total. The van der Waals surface area contributed by atoms with E-state index in [0.717, 1.165) is 6.92 Å². The van der Waals surface area contributed by atoms with Crippen LogP contribution in [0.1, 0.15) is 98.5 Å². The van der Waals surface area contributed by atoms with Gasteiger partial charge in [0.05, 0.1) is 18.6 Å². The second kappa shape index (κ2) is 28.2. The van der Waals surface area contributed by atoms with Gasteiger partial charge in [-0.05, 0) is 94.7 Å². The van der Waals surface area contributed by atoms with Crippen LogP contribution in [0, 0.1) is 11.8 Å². The van der Waals surface area contributed by atoms with Crippen LogP contribution in [0.5, 0.6) is 5.75 Å². The standard InChI is InChI=1S/C47H74N12O14/c1-23(2)20-31(54-38(64)29(48)21-27-13-15-28(61)16-14-27)39(65)55-32(22-35(62)63)40(66)57-37(26(6)60)43(69)53-30(10-7-17-51-47(49)50)45(71)59-19-9-11-33(59)41(67)52-25(5)44(70)58-18-8-12-34(58)42(68)56-36(24(3)4)46(72)73/h13-16,23-26,29-34,36-37,60-61H,7-12,17-22,48H2,1-6H3,(H,52,67)(H,53,69)(H,54,64)(H,55,65)(H,56,68)(H,57,66)(H,62,63)(H,72,73)(H4,49,50,51)/t25-,26+,29-,30-,31-,32-,33-,34-,36-,37-/m0/s1. The lowest BCUT2D eigenvalue weighted by Crippen LogP contribution is -2.62. The molecular weight excluding hydrogens is 957 g/mol. The number of likely N-dealkylation sites (tertiary alicyclic amines) is 2. The summed E-state index contributed by atoms with van der Waals surface area (Å²) in [6.45, 7) is 9.54. The van der Waals surface area contributed by atoms with Gasteiger partial charge in [-0.25, -0.2) is 4.79 Å². The smallest absolute Gasteiger partial charge is 0.326 e. The maximum atomic E-state index is 14.4. The van der Waals surface area contributed by atoms with Gasteiger partial charge in [-0.2, -0.15) is 0 Å². The highest BCUT2D eigenvalue weighted by Crippen LogP contribution is 2.23. The van der Waals surface area contributed by atoms with E-state index in [1.165, 1.54) is 28.9 Å². The maximum absolute atomic E-state index is 14.4. The number of carboxylic acids is 2. The second-order valence-electron chi connectivity index (χ2n) is 19.2. The first-order valence-corrected chi connectivity index (χ1v) is 24.4. The van der Waals surface area contributed by atoms with E-state index in [9.17, 15) is 68.4 Å². The maximum Gasteiger partial charge on any atom is 0.326 e. The van der Waals surface area contributed by atoms with Gasteiger partial charge < -0.3 is 79.3 Å². The van der Waals surface area contributed by atoms with Crippen molar-refractivity contribution in [2.45, 2.75) is 160 Å². The topological polar surface area (TPSA) is 421 Å². The number of nitrogens with one attached hydrogen (secondary N) is 6. The van der Waals surface area contributed by atoms with Crippen molar-refractivity contribution in [1.82, 2.24) is 41.7 Å². The van der Waals surface area contributed by atoms with E-state index in [4.69, 9.17) is 17.2 Å². The van der Waals surface area contributed by atoms with Crippen LogP contribution in [0.2, 0.25) is 0 Å². The summed E-state index contributed by atoms with van der Waals surface area (Å²) in [5.74, 6) is -10.4. The predicted molar refractivity (Wildman–Crippen MR) is 262 cm³/mol. The number of hydrogen-bond acceptors (Lipinski definition) is 14. The molecule has 8 amide bonds. The molecule has 10 atom stereocenters. The van der Waals surface area contributed by atoms with E-state index in [2.05, 4.69) is 36.9 Å². The van der Waals surface area contributed by atoms with Crippen LogP contribution in [0.15, 0.2) is 29.3 Å². The first kappa shape index (κ1) is 60.2. The minimum Gasteiger partial charge on any atom is -0.508 e. The monoisotopic (exact) mass is 1030 g/mol. The molecule has 2 heterocycles. The molecule has 1 aromatic rings. The summed E-state index contributed by atoms with van der Waals surface area (Å²) in [5.41, 5.74) is 17.7. The van der Waals surface area contributed by atoms with Crippen molar-refractivity contribution < 1.29 is 68.4 Å². The molecule has 0 saturated carbocycles. The molecule has 3 rings (SSSR count). The number of hydrogen-bond donors (Lipinski definition) is 13. The highest BCUT2D eigenvalue weighted by molar-refractivity contribution is 5.99. The van der Waals surface area contributed by atoms with E-state index in [-0.39, 0.29) is 75.8 Å². The number of nitrogens with two attached hydrogens (primary N) is 3. The van der Waals surface area contributed by atoms with Crippen LogP contribution >= 0.6 is 0 Å². The zero-order chi connectivity index (χ0) is 54.9. The molecule has 0 radical (unpaired) electrons. The predicted octanol–water partition coefficient (Wildman–Crippen LogP) is -3.13. The van der Waals surface area contributed by atoms with Gasteiger partial charge in [0, 0.05) is 19.6 Å². The van der Waals surface area contributed by atoms with Crippen molar-refractivity contribution in [3.05, 3.63) is 29.8 Å². The van der Waals surface area contributed by atoms with Gasteiger partial charge in [0.2, 0.25) is 47.3 Å². The van der Waals surface area contributed by atoms with Gasteiger partial charge in [0.1, 0.15) is 54.1 Å². The molecule has 0 spiro atoms. The third-order valence-electron chi connectivity index (χ3n) is 12.3. The number of aliphatic carboxylic acids is 2. The van der Waals surface area contributed by atoms with Crippen LogP contribution in [-0.4, -0.2) is 175 Å². The fraction of sp³-hybridized carbons (Fsp3) is 0.638. The first-order chi connectivity index (χ1) is 34.2. The Bertz CT molecular complexity index is 2170. The number of aliphatic hydroxyl groups excluding tert-OH is 1. The fourth-order valence-electron chi connectivity index (χ4n) is 8.49. The lowest BCUT2D eigenvalue weighted by atomic mass is 10.0. The van der Waals surface area contributed by atoms with E-state index >= 15 is 0 Å². The van der Waals surface area contributed by atoms with Crippen molar-refractivity contribution in [1.29, 1.82) is 0 Å². The van der Waals surface area contributed by atoms with E-state index in [0.29, 0.717) is 18.4 Å². The summed E-state index contributed by atoms with van der Waals surface area (Å²) >= 11 is 0. The molecule has 26 heteroatoms. The Morgan fingerprint density at radius 1 is 0.685 bits per heavy atom. The van der Waals surface area contributed by atoms with E-state index < -0.39 is 132 Å². The summed E-state index contributed by atoms with van der Waals surface area (Å²) in [6, 6.07) is -6.09. The number of aliphatic hydroxyl groups is 1. The molecule has 16 N–H and O–H groups in total. The van der Waals surface area contributed by atoms with Crippen LogP contribution < -0.4 is 49.1 Å². The van der Waals surface area contributed by atoms with Crippen LogP contribution in [0.3, 0.4) is 0 Å². The summed E-state index contributed by atoms with van der Waals surface area (Å²) < 4.78 is 0. The van der Waals surface area contributed by atoms with Gasteiger partial charge in [-0.1, -0.05) is 39.8 Å². The van der Waals surface area contributed by atoms with E-state index in [1.54, 1.807) is 39.8 Å². The van der Waals surface area contributed by atoms with Crippen molar-refractivity contribution >= 4 is 65.2 Å². The highest BCUT2D eigenvalue weighted by atomic mass is 16.4. The number of guanidine groups is 1. The Kier molecular flexibility index (Phi) is 23.3. The van der Waals surface area contributed by atoms with Crippen LogP contribution in [-0.2, 0) is 54.4 Å². The average Bonchev–Trinajstić information content (AvgIpc) is 4.01. The summed E-state index contributed by atoms with van der Waals surface area (Å²) in [5, 5.41) is 54.5. The number of rotatable bonds is 27.